The van der Waals surface area contributed by atoms with Gasteiger partial charge in [-0.05, 0) is 12.5 Å². The molecule has 0 aliphatic rings. The molecule has 0 spiro atoms. The molecule has 0 amide bonds. The van der Waals surface area contributed by atoms with E-state index in [1.807, 2.05) is 0 Å². The molecule has 1 aromatic carbocycles. The van der Waals surface area contributed by atoms with Crippen LogP contribution in [0.25, 0.3) is 0 Å². The lowest BCUT2D eigenvalue weighted by atomic mass is 10.3. The lowest BCUT2D eigenvalue weighted by molar-refractivity contribution is -0.108. The van der Waals surface area contributed by atoms with Crippen molar-refractivity contribution in [2.75, 3.05) is 13.2 Å². The molecule has 0 fully saturated rings. The summed E-state index contributed by atoms with van der Waals surface area (Å²) >= 11 is 23.1. The highest BCUT2D eigenvalue weighted by Gasteiger charge is 2.10. The van der Waals surface area contributed by atoms with Crippen LogP contribution < -0.4 is 9.47 Å². The van der Waals surface area contributed by atoms with E-state index in [1.165, 1.54) is 6.08 Å². The normalized spacial score (nSPS) is 10.0. The summed E-state index contributed by atoms with van der Waals surface area (Å²) in [5.41, 5.74) is 0. The molecule has 3 nitrogen and oxygen atoms in total. The van der Waals surface area contributed by atoms with Crippen LogP contribution >= 0.6 is 46.4 Å². The summed E-state index contributed by atoms with van der Waals surface area (Å²) in [5, 5.41) is 0.666. The van der Waals surface area contributed by atoms with Gasteiger partial charge < -0.3 is 14.3 Å². The summed E-state index contributed by atoms with van der Waals surface area (Å²) in [7, 11) is 0. The maximum absolute atomic E-state index is 10.2. The fraction of sp³-hybridized carbons (Fsp3) is 0.308. The predicted octanol–water partition coefficient (Wildman–Crippen LogP) is 5.05. The number of benzene rings is 1. The Morgan fingerprint density at radius 2 is 1.80 bits per heavy atom. The first kappa shape index (κ1) is 17.4. The van der Waals surface area contributed by atoms with E-state index in [0.29, 0.717) is 41.0 Å². The van der Waals surface area contributed by atoms with Gasteiger partial charge in [-0.25, -0.2) is 0 Å². The van der Waals surface area contributed by atoms with Crippen LogP contribution in [-0.2, 0) is 4.79 Å². The molecule has 0 saturated heterocycles. The zero-order valence-electron chi connectivity index (χ0n) is 10.4. The quantitative estimate of drug-likeness (QED) is 0.482. The Kier molecular flexibility index (Phi) is 8.15. The first-order valence-corrected chi connectivity index (χ1v) is 7.25. The summed E-state index contributed by atoms with van der Waals surface area (Å²) in [6, 6.07) is 3.16. The van der Waals surface area contributed by atoms with Gasteiger partial charge in [0.15, 0.2) is 5.75 Å². The molecule has 0 bridgehead atoms. The monoisotopic (exact) mass is 356 g/mol. The van der Waals surface area contributed by atoms with Gasteiger partial charge in [0.2, 0.25) is 0 Å². The Balaban J connectivity index is 2.65. The van der Waals surface area contributed by atoms with E-state index in [-0.39, 0.29) is 11.1 Å². The number of rotatable bonds is 8. The fourth-order valence-corrected chi connectivity index (χ4v) is 2.00. The van der Waals surface area contributed by atoms with Crippen LogP contribution in [0.2, 0.25) is 10.0 Å². The third-order valence-electron chi connectivity index (χ3n) is 2.17. The SMILES string of the molecule is O=CCCCOc1c(Cl)cc(OCC=C(Cl)Cl)cc1Cl. The van der Waals surface area contributed by atoms with Gasteiger partial charge in [-0.2, -0.15) is 0 Å². The molecule has 0 aliphatic carbocycles. The van der Waals surface area contributed by atoms with Crippen LogP contribution in [0.5, 0.6) is 11.5 Å². The van der Waals surface area contributed by atoms with Gasteiger partial charge >= 0.3 is 0 Å². The van der Waals surface area contributed by atoms with E-state index in [2.05, 4.69) is 0 Å². The van der Waals surface area contributed by atoms with E-state index in [0.717, 1.165) is 6.29 Å². The fourth-order valence-electron chi connectivity index (χ4n) is 1.30. The van der Waals surface area contributed by atoms with Crippen molar-refractivity contribution < 1.29 is 14.3 Å². The summed E-state index contributed by atoms with van der Waals surface area (Å²) in [6.07, 6.45) is 3.36. The molecule has 0 aromatic heterocycles. The second-order valence-corrected chi connectivity index (χ2v) is 5.50. The summed E-state index contributed by atoms with van der Waals surface area (Å²) in [5.74, 6) is 0.851. The number of unbranched alkanes of at least 4 members (excludes halogenated alkanes) is 1. The number of halogens is 4. The van der Waals surface area contributed by atoms with Crippen molar-refractivity contribution in [3.8, 4) is 11.5 Å². The molecule has 110 valence electrons. The molecule has 0 radical (unpaired) electrons. The molecular formula is C13H12Cl4O3. The zero-order valence-corrected chi connectivity index (χ0v) is 13.4. The van der Waals surface area contributed by atoms with Crippen molar-refractivity contribution in [1.29, 1.82) is 0 Å². The summed E-state index contributed by atoms with van der Waals surface area (Å²) in [4.78, 5) is 10.2. The topological polar surface area (TPSA) is 35.5 Å². The number of carbonyl (C=O) groups is 1. The summed E-state index contributed by atoms with van der Waals surface area (Å²) < 4.78 is 10.9. The lowest BCUT2D eigenvalue weighted by Crippen LogP contribution is -2.00. The first-order valence-electron chi connectivity index (χ1n) is 5.74. The van der Waals surface area contributed by atoms with Crippen LogP contribution in [0.3, 0.4) is 0 Å². The van der Waals surface area contributed by atoms with E-state index in [1.54, 1.807) is 12.1 Å². The molecule has 0 unspecified atom stereocenters. The van der Waals surface area contributed by atoms with Gasteiger partial charge in [0.25, 0.3) is 0 Å². The summed E-state index contributed by atoms with van der Waals surface area (Å²) in [6.45, 7) is 0.567. The van der Waals surface area contributed by atoms with Gasteiger partial charge in [-0.3, -0.25) is 0 Å². The maximum atomic E-state index is 10.2. The number of hydrogen-bond donors (Lipinski definition) is 0. The van der Waals surface area contributed by atoms with Crippen molar-refractivity contribution >= 4 is 52.7 Å². The average molecular weight is 358 g/mol. The van der Waals surface area contributed by atoms with Crippen molar-refractivity contribution in [2.45, 2.75) is 12.8 Å². The lowest BCUT2D eigenvalue weighted by Gasteiger charge is -2.11. The van der Waals surface area contributed by atoms with E-state index in [9.17, 15) is 4.79 Å². The molecule has 0 atom stereocenters. The van der Waals surface area contributed by atoms with E-state index >= 15 is 0 Å². The second-order valence-electron chi connectivity index (χ2n) is 3.68. The van der Waals surface area contributed by atoms with E-state index < -0.39 is 0 Å². The first-order chi connectivity index (χ1) is 9.54. The highest BCUT2D eigenvalue weighted by Crippen LogP contribution is 2.37. The average Bonchev–Trinajstić information content (AvgIpc) is 2.36. The highest BCUT2D eigenvalue weighted by atomic mass is 35.5. The Hall–Kier alpha value is -0.610. The van der Waals surface area contributed by atoms with Gasteiger partial charge in [-0.1, -0.05) is 46.4 Å². The molecule has 0 heterocycles. The van der Waals surface area contributed by atoms with Crippen LogP contribution in [0.15, 0.2) is 22.7 Å². The Bertz CT molecular complexity index is 461. The predicted molar refractivity (Wildman–Crippen MR) is 82.5 cm³/mol. The third kappa shape index (κ3) is 6.23. The van der Waals surface area contributed by atoms with Crippen molar-refractivity contribution in [3.63, 3.8) is 0 Å². The smallest absolute Gasteiger partial charge is 0.156 e. The van der Waals surface area contributed by atoms with Gasteiger partial charge in [0.1, 0.15) is 23.1 Å². The molecular weight excluding hydrogens is 346 g/mol. The van der Waals surface area contributed by atoms with Crippen molar-refractivity contribution in [2.24, 2.45) is 0 Å². The molecule has 0 N–H and O–H groups in total. The third-order valence-corrected chi connectivity index (χ3v) is 3.04. The Morgan fingerprint density at radius 1 is 1.15 bits per heavy atom. The molecule has 20 heavy (non-hydrogen) atoms. The number of aldehydes is 1. The number of carbonyl (C=O) groups excluding carboxylic acids is 1. The number of hydrogen-bond acceptors (Lipinski definition) is 3. The van der Waals surface area contributed by atoms with Gasteiger partial charge in [0.05, 0.1) is 16.7 Å². The van der Waals surface area contributed by atoms with Gasteiger partial charge in [0, 0.05) is 18.6 Å². The molecule has 0 aliphatic heterocycles. The van der Waals surface area contributed by atoms with Crippen molar-refractivity contribution in [3.05, 3.63) is 32.7 Å². The molecule has 7 heteroatoms. The molecule has 0 saturated carbocycles. The molecule has 1 rings (SSSR count). The minimum absolute atomic E-state index is 0.123. The molecule has 1 aromatic rings. The van der Waals surface area contributed by atoms with Crippen LogP contribution in [-0.4, -0.2) is 19.5 Å². The van der Waals surface area contributed by atoms with E-state index in [4.69, 9.17) is 55.9 Å². The minimum atomic E-state index is 0.123. The van der Waals surface area contributed by atoms with Gasteiger partial charge in [-0.15, -0.1) is 0 Å². The minimum Gasteiger partial charge on any atom is -0.490 e. The Morgan fingerprint density at radius 3 is 2.35 bits per heavy atom. The maximum Gasteiger partial charge on any atom is 0.156 e. The van der Waals surface area contributed by atoms with Crippen LogP contribution in [0.1, 0.15) is 12.8 Å². The highest BCUT2D eigenvalue weighted by molar-refractivity contribution is 6.55. The number of ether oxygens (including phenoxy) is 2. The van der Waals surface area contributed by atoms with Crippen LogP contribution in [0.4, 0.5) is 0 Å². The Labute approximate surface area is 137 Å². The zero-order chi connectivity index (χ0) is 15.0. The standard InChI is InChI=1S/C13H12Cl4O3/c14-10-7-9(19-6-3-12(16)17)8-11(15)13(10)20-5-2-1-4-18/h3-4,7-8H,1-2,5-6H2. The van der Waals surface area contributed by atoms with Crippen molar-refractivity contribution in [1.82, 2.24) is 0 Å². The van der Waals surface area contributed by atoms with Crippen LogP contribution in [0, 0.1) is 0 Å². The second kappa shape index (κ2) is 9.35. The largest absolute Gasteiger partial charge is 0.490 e.